The van der Waals surface area contributed by atoms with Crippen molar-refractivity contribution in [1.29, 1.82) is 0 Å². The molecule has 0 aliphatic rings. The van der Waals surface area contributed by atoms with Crippen LogP contribution in [0.4, 0.5) is 4.79 Å². The number of alkyl carbamates (subject to hydrolysis) is 1. The van der Waals surface area contributed by atoms with Crippen LogP contribution in [0.3, 0.4) is 0 Å². The summed E-state index contributed by atoms with van der Waals surface area (Å²) < 4.78 is 11.2. The molecule has 0 aliphatic carbocycles. The number of nitrogens with one attached hydrogen (secondary N) is 1. The highest BCUT2D eigenvalue weighted by atomic mass is 127. The van der Waals surface area contributed by atoms with Crippen molar-refractivity contribution in [3.05, 3.63) is 17.8 Å². The van der Waals surface area contributed by atoms with Crippen molar-refractivity contribution in [2.75, 3.05) is 0 Å². The molecule has 1 N–H and O–H groups in total. The third-order valence-corrected chi connectivity index (χ3v) is 2.59. The Hall–Kier alpha value is -0.790. The highest BCUT2D eigenvalue weighted by Crippen LogP contribution is 2.15. The summed E-state index contributed by atoms with van der Waals surface area (Å²) in [5.41, 5.74) is 0.353. The third-order valence-electron chi connectivity index (χ3n) is 1.81. The molecule has 1 heterocycles. The van der Waals surface area contributed by atoms with E-state index in [0.29, 0.717) is 5.89 Å². The molecule has 0 spiro atoms. The molecular formula is C11H17IN2O3. The van der Waals surface area contributed by atoms with Crippen molar-refractivity contribution in [1.82, 2.24) is 10.3 Å². The van der Waals surface area contributed by atoms with Gasteiger partial charge in [-0.1, -0.05) is 22.6 Å². The Morgan fingerprint density at radius 3 is 2.76 bits per heavy atom. The smallest absolute Gasteiger partial charge is 0.408 e. The van der Waals surface area contributed by atoms with Gasteiger partial charge in [0.25, 0.3) is 0 Å². The first-order chi connectivity index (χ1) is 7.81. The van der Waals surface area contributed by atoms with Gasteiger partial charge in [0.15, 0.2) is 0 Å². The van der Waals surface area contributed by atoms with Gasteiger partial charge in [-0.15, -0.1) is 0 Å². The second-order valence-electron chi connectivity index (χ2n) is 4.68. The van der Waals surface area contributed by atoms with E-state index < -0.39 is 11.7 Å². The van der Waals surface area contributed by atoms with E-state index in [0.717, 1.165) is 10.1 Å². The number of rotatable bonds is 3. The number of alkyl halides is 1. The van der Waals surface area contributed by atoms with Gasteiger partial charge < -0.3 is 14.5 Å². The maximum Gasteiger partial charge on any atom is 0.408 e. The SMILES string of the molecule is C[C@H](NC(=O)OC(C)(C)C)c1nc(CI)co1. The molecule has 1 aromatic heterocycles. The highest BCUT2D eigenvalue weighted by Gasteiger charge is 2.20. The van der Waals surface area contributed by atoms with Crippen LogP contribution in [-0.4, -0.2) is 16.7 Å². The van der Waals surface area contributed by atoms with Crippen molar-refractivity contribution in [3.63, 3.8) is 0 Å². The number of hydrogen-bond donors (Lipinski definition) is 1. The van der Waals surface area contributed by atoms with Crippen molar-refractivity contribution in [2.45, 2.75) is 43.8 Å². The Bertz CT molecular complexity index is 384. The summed E-state index contributed by atoms with van der Waals surface area (Å²) in [5, 5.41) is 2.67. The van der Waals surface area contributed by atoms with Crippen molar-refractivity contribution in [2.24, 2.45) is 0 Å². The van der Waals surface area contributed by atoms with Gasteiger partial charge in [0.1, 0.15) is 17.9 Å². The Morgan fingerprint density at radius 2 is 2.29 bits per heavy atom. The standard InChI is InChI=1S/C11H17IN2O3/c1-7(9-14-8(5-12)6-16-9)13-10(15)17-11(2,3)4/h6-7H,5H2,1-4H3,(H,13,15)/t7-/m0/s1. The highest BCUT2D eigenvalue weighted by molar-refractivity contribution is 14.1. The van der Waals surface area contributed by atoms with Gasteiger partial charge >= 0.3 is 6.09 Å². The molecular weight excluding hydrogens is 335 g/mol. The Morgan fingerprint density at radius 1 is 1.65 bits per heavy atom. The van der Waals surface area contributed by atoms with Crippen LogP contribution in [-0.2, 0) is 9.16 Å². The van der Waals surface area contributed by atoms with Crippen molar-refractivity contribution in [3.8, 4) is 0 Å². The second-order valence-corrected chi connectivity index (χ2v) is 5.44. The van der Waals surface area contributed by atoms with Crippen LogP contribution >= 0.6 is 22.6 Å². The lowest BCUT2D eigenvalue weighted by molar-refractivity contribution is 0.0501. The van der Waals surface area contributed by atoms with E-state index in [1.807, 2.05) is 20.8 Å². The number of carbonyl (C=O) groups is 1. The van der Waals surface area contributed by atoms with Gasteiger partial charge in [-0.2, -0.15) is 0 Å². The van der Waals surface area contributed by atoms with E-state index in [2.05, 4.69) is 32.9 Å². The summed E-state index contributed by atoms with van der Waals surface area (Å²) in [6, 6.07) is -0.304. The fourth-order valence-electron chi connectivity index (χ4n) is 1.13. The monoisotopic (exact) mass is 352 g/mol. The zero-order chi connectivity index (χ0) is 13.1. The number of ether oxygens (including phenoxy) is 1. The van der Waals surface area contributed by atoms with Crippen LogP contribution in [0.15, 0.2) is 10.7 Å². The largest absolute Gasteiger partial charge is 0.446 e. The molecule has 5 nitrogen and oxygen atoms in total. The fourth-order valence-corrected chi connectivity index (χ4v) is 1.48. The van der Waals surface area contributed by atoms with Gasteiger partial charge in [0.2, 0.25) is 5.89 Å². The minimum absolute atomic E-state index is 0.304. The molecule has 1 rings (SSSR count). The van der Waals surface area contributed by atoms with Gasteiger partial charge in [0, 0.05) is 4.43 Å². The number of oxazole rings is 1. The van der Waals surface area contributed by atoms with Crippen LogP contribution in [0, 0.1) is 0 Å². The second kappa shape index (κ2) is 5.70. The minimum atomic E-state index is -0.506. The van der Waals surface area contributed by atoms with Crippen molar-refractivity contribution < 1.29 is 13.9 Å². The molecule has 6 heteroatoms. The molecule has 17 heavy (non-hydrogen) atoms. The van der Waals surface area contributed by atoms with Crippen molar-refractivity contribution >= 4 is 28.7 Å². The predicted molar refractivity (Wildman–Crippen MR) is 72.0 cm³/mol. The van der Waals surface area contributed by atoms with E-state index in [1.165, 1.54) is 0 Å². The Labute approximate surface area is 114 Å². The van der Waals surface area contributed by atoms with Crippen LogP contribution < -0.4 is 5.32 Å². The first-order valence-corrected chi connectivity index (χ1v) is 6.84. The fraction of sp³-hybridized carbons (Fsp3) is 0.636. The maximum atomic E-state index is 11.5. The number of halogens is 1. The molecule has 0 aromatic carbocycles. The predicted octanol–water partition coefficient (Wildman–Crippen LogP) is 3.20. The average molecular weight is 352 g/mol. The summed E-state index contributed by atoms with van der Waals surface area (Å²) >= 11 is 2.20. The molecule has 0 bridgehead atoms. The lowest BCUT2D eigenvalue weighted by atomic mass is 10.2. The number of aromatic nitrogens is 1. The summed E-state index contributed by atoms with van der Waals surface area (Å²) in [6.45, 7) is 7.25. The Balaban J connectivity index is 2.54. The van der Waals surface area contributed by atoms with E-state index in [-0.39, 0.29) is 6.04 Å². The molecule has 0 unspecified atom stereocenters. The van der Waals surface area contributed by atoms with Crippen LogP contribution in [0.25, 0.3) is 0 Å². The zero-order valence-electron chi connectivity index (χ0n) is 10.4. The molecule has 0 saturated carbocycles. The number of carbonyl (C=O) groups excluding carboxylic acids is 1. The van der Waals surface area contributed by atoms with E-state index in [1.54, 1.807) is 13.2 Å². The van der Waals surface area contributed by atoms with Gasteiger partial charge in [-0.05, 0) is 27.7 Å². The molecule has 0 fully saturated rings. The molecule has 0 aliphatic heterocycles. The third kappa shape index (κ3) is 4.93. The first-order valence-electron chi connectivity index (χ1n) is 5.31. The number of amides is 1. The van der Waals surface area contributed by atoms with Crippen LogP contribution in [0.2, 0.25) is 0 Å². The first kappa shape index (κ1) is 14.3. The van der Waals surface area contributed by atoms with Crippen LogP contribution in [0.1, 0.15) is 45.3 Å². The minimum Gasteiger partial charge on any atom is -0.446 e. The average Bonchev–Trinajstić information content (AvgIpc) is 2.62. The van der Waals surface area contributed by atoms with E-state index in [4.69, 9.17) is 9.15 Å². The number of nitrogens with zero attached hydrogens (tertiary/aromatic N) is 1. The maximum absolute atomic E-state index is 11.5. The van der Waals surface area contributed by atoms with E-state index in [9.17, 15) is 4.79 Å². The molecule has 1 amide bonds. The molecule has 0 radical (unpaired) electrons. The quantitative estimate of drug-likeness (QED) is 0.670. The molecule has 96 valence electrons. The summed E-state index contributed by atoms with van der Waals surface area (Å²) in [6.07, 6.45) is 1.12. The molecule has 0 saturated heterocycles. The normalized spacial score (nSPS) is 13.2. The van der Waals surface area contributed by atoms with Crippen LogP contribution in [0.5, 0.6) is 0 Å². The summed E-state index contributed by atoms with van der Waals surface area (Å²) in [7, 11) is 0. The van der Waals surface area contributed by atoms with Gasteiger partial charge in [-0.25, -0.2) is 9.78 Å². The van der Waals surface area contributed by atoms with Gasteiger partial charge in [0.05, 0.1) is 5.69 Å². The lowest BCUT2D eigenvalue weighted by Crippen LogP contribution is -2.34. The zero-order valence-corrected chi connectivity index (χ0v) is 12.6. The number of hydrogen-bond acceptors (Lipinski definition) is 4. The van der Waals surface area contributed by atoms with Gasteiger partial charge in [-0.3, -0.25) is 0 Å². The lowest BCUT2D eigenvalue weighted by Gasteiger charge is -2.20. The summed E-state index contributed by atoms with van der Waals surface area (Å²) in [4.78, 5) is 15.7. The summed E-state index contributed by atoms with van der Waals surface area (Å²) in [5.74, 6) is 0.488. The molecule has 1 aromatic rings. The Kier molecular flexibility index (Phi) is 4.79. The van der Waals surface area contributed by atoms with E-state index >= 15 is 0 Å². The molecule has 1 atom stereocenters. The topological polar surface area (TPSA) is 64.4 Å².